The van der Waals surface area contributed by atoms with Gasteiger partial charge < -0.3 is 14.0 Å². The van der Waals surface area contributed by atoms with Crippen LogP contribution in [0.4, 0.5) is 0 Å². The molecule has 0 aliphatic carbocycles. The molecule has 1 unspecified atom stereocenters. The van der Waals surface area contributed by atoms with E-state index < -0.39 is 43.5 Å². The molecule has 0 bridgehead atoms. The number of aromatic nitrogens is 2. The average Bonchev–Trinajstić information content (AvgIpc) is 3.11. The van der Waals surface area contributed by atoms with Gasteiger partial charge in [0.1, 0.15) is 24.2 Å². The largest absolute Gasteiger partial charge is 0.530 e. The standard InChI is InChI=1S/C19H21N2O9P/c1-11-8-21(19(24)20-18(11)23)17-7-15(28-12(2)22)16(29-17)10-27-31(25)26-9-13-5-3-4-6-14(13)30-31/h3-6,8,15-17H,7,9-10H2,1-2H3,(H,20,23,24)/t15-,16+,17+,31?/m0/s1. The highest BCUT2D eigenvalue weighted by atomic mass is 31.2. The zero-order valence-corrected chi connectivity index (χ0v) is 17.7. The van der Waals surface area contributed by atoms with Gasteiger partial charge in [0, 0.05) is 30.7 Å². The van der Waals surface area contributed by atoms with Crippen molar-refractivity contribution in [2.24, 2.45) is 0 Å². The zero-order chi connectivity index (χ0) is 22.2. The molecule has 31 heavy (non-hydrogen) atoms. The summed E-state index contributed by atoms with van der Waals surface area (Å²) in [4.78, 5) is 37.5. The van der Waals surface area contributed by atoms with Gasteiger partial charge in [-0.15, -0.1) is 0 Å². The minimum atomic E-state index is -3.91. The minimum absolute atomic E-state index is 0.0566. The molecule has 1 aromatic carbocycles. The van der Waals surface area contributed by atoms with Crippen molar-refractivity contribution in [2.45, 2.75) is 45.3 Å². The van der Waals surface area contributed by atoms with E-state index in [1.807, 2.05) is 0 Å². The van der Waals surface area contributed by atoms with Gasteiger partial charge in [-0.2, -0.15) is 0 Å². The summed E-state index contributed by atoms with van der Waals surface area (Å²) in [6.07, 6.45) is -0.940. The van der Waals surface area contributed by atoms with Crippen LogP contribution in [0.2, 0.25) is 0 Å². The normalized spacial score (nSPS) is 27.4. The summed E-state index contributed by atoms with van der Waals surface area (Å²) in [6.45, 7) is 2.58. The Bertz CT molecular complexity index is 1160. The van der Waals surface area contributed by atoms with Crippen molar-refractivity contribution in [1.29, 1.82) is 0 Å². The summed E-state index contributed by atoms with van der Waals surface area (Å²) < 4.78 is 41.3. The SMILES string of the molecule is CC(=O)O[C@H]1C[C@H](n2cc(C)c(=O)[nH]c2=O)O[C@@H]1COP1(=O)OCc2ccccc2O1. The second-order valence-corrected chi connectivity index (χ2v) is 8.80. The number of carbonyl (C=O) groups is 1. The van der Waals surface area contributed by atoms with E-state index in [2.05, 4.69) is 4.98 Å². The maximum Gasteiger partial charge on any atom is 0.530 e. The van der Waals surface area contributed by atoms with E-state index in [1.165, 1.54) is 17.7 Å². The Labute approximate surface area is 176 Å². The van der Waals surface area contributed by atoms with Crippen molar-refractivity contribution in [3.05, 3.63) is 62.4 Å². The van der Waals surface area contributed by atoms with Gasteiger partial charge in [-0.1, -0.05) is 18.2 Å². The van der Waals surface area contributed by atoms with Crippen molar-refractivity contribution < 1.29 is 32.4 Å². The van der Waals surface area contributed by atoms with Crippen molar-refractivity contribution in [1.82, 2.24) is 9.55 Å². The molecule has 4 atom stereocenters. The summed E-state index contributed by atoms with van der Waals surface area (Å²) in [5, 5.41) is 0. The number of aromatic amines is 1. The molecule has 0 saturated carbocycles. The minimum Gasteiger partial charge on any atom is -0.460 e. The number of benzene rings is 1. The molecule has 12 heteroatoms. The van der Waals surface area contributed by atoms with Crippen LogP contribution in [0.15, 0.2) is 40.1 Å². The molecule has 166 valence electrons. The fourth-order valence-corrected chi connectivity index (χ4v) is 4.62. The topological polar surface area (TPSA) is 135 Å². The molecule has 2 aliphatic heterocycles. The quantitative estimate of drug-likeness (QED) is 0.532. The van der Waals surface area contributed by atoms with Gasteiger partial charge in [-0.3, -0.25) is 28.2 Å². The summed E-state index contributed by atoms with van der Waals surface area (Å²) in [7, 11) is -3.91. The number of nitrogens with one attached hydrogen (secondary N) is 1. The molecule has 1 saturated heterocycles. The lowest BCUT2D eigenvalue weighted by molar-refractivity contribution is -0.150. The van der Waals surface area contributed by atoms with Gasteiger partial charge in [0.25, 0.3) is 5.56 Å². The van der Waals surface area contributed by atoms with Crippen LogP contribution in [0.5, 0.6) is 5.75 Å². The zero-order valence-electron chi connectivity index (χ0n) is 16.8. The van der Waals surface area contributed by atoms with Crippen LogP contribution in [0.25, 0.3) is 0 Å². The Balaban J connectivity index is 1.49. The summed E-state index contributed by atoms with van der Waals surface area (Å²) in [6, 6.07) is 6.98. The highest BCUT2D eigenvalue weighted by Crippen LogP contribution is 2.54. The van der Waals surface area contributed by atoms with Crippen LogP contribution in [0, 0.1) is 6.92 Å². The first-order chi connectivity index (χ1) is 14.7. The second kappa shape index (κ2) is 8.43. The Morgan fingerprint density at radius 3 is 2.87 bits per heavy atom. The fraction of sp³-hybridized carbons (Fsp3) is 0.421. The third-order valence-electron chi connectivity index (χ3n) is 4.91. The number of phosphoric ester groups is 1. The molecule has 0 spiro atoms. The lowest BCUT2D eigenvalue weighted by atomic mass is 10.2. The Hall–Kier alpha value is -2.72. The second-order valence-electron chi connectivity index (χ2n) is 7.21. The number of fused-ring (bicyclic) bond motifs is 1. The molecule has 1 fully saturated rings. The van der Waals surface area contributed by atoms with Crippen LogP contribution in [-0.4, -0.2) is 34.3 Å². The predicted octanol–water partition coefficient (Wildman–Crippen LogP) is 1.80. The molecule has 3 heterocycles. The summed E-state index contributed by atoms with van der Waals surface area (Å²) >= 11 is 0. The smallest absolute Gasteiger partial charge is 0.460 e. The van der Waals surface area contributed by atoms with Crippen molar-refractivity contribution in [3.8, 4) is 5.75 Å². The highest BCUT2D eigenvalue weighted by molar-refractivity contribution is 7.49. The number of carbonyl (C=O) groups excluding carboxylic acids is 1. The van der Waals surface area contributed by atoms with E-state index in [0.29, 0.717) is 11.3 Å². The number of aryl methyl sites for hydroxylation is 1. The molecule has 4 rings (SSSR count). The number of para-hydroxylation sites is 1. The van der Waals surface area contributed by atoms with Gasteiger partial charge >= 0.3 is 19.5 Å². The number of hydrogen-bond donors (Lipinski definition) is 1. The lowest BCUT2D eigenvalue weighted by Crippen LogP contribution is -2.33. The van der Waals surface area contributed by atoms with Gasteiger partial charge in [-0.25, -0.2) is 9.36 Å². The molecular formula is C19H21N2O9P. The third-order valence-corrected chi connectivity index (χ3v) is 6.24. The predicted molar refractivity (Wildman–Crippen MR) is 106 cm³/mol. The van der Waals surface area contributed by atoms with Crippen LogP contribution in [0.3, 0.4) is 0 Å². The van der Waals surface area contributed by atoms with Crippen molar-refractivity contribution >= 4 is 13.8 Å². The van der Waals surface area contributed by atoms with E-state index in [4.69, 9.17) is 23.0 Å². The maximum atomic E-state index is 12.8. The van der Waals surface area contributed by atoms with Gasteiger partial charge in [0.15, 0.2) is 0 Å². The molecule has 1 N–H and O–H groups in total. The highest BCUT2D eigenvalue weighted by Gasteiger charge is 2.42. The number of rotatable bonds is 5. The molecule has 0 amide bonds. The number of hydrogen-bond acceptors (Lipinski definition) is 9. The number of esters is 1. The summed E-state index contributed by atoms with van der Waals surface area (Å²) in [5.74, 6) is -0.149. The number of nitrogens with zero attached hydrogens (tertiary/aromatic N) is 1. The first-order valence-corrected chi connectivity index (χ1v) is 11.0. The van der Waals surface area contributed by atoms with Crippen LogP contribution >= 0.6 is 7.82 Å². The van der Waals surface area contributed by atoms with Crippen LogP contribution in [0.1, 0.15) is 30.7 Å². The van der Waals surface area contributed by atoms with E-state index in [1.54, 1.807) is 31.2 Å². The number of ether oxygens (including phenoxy) is 2. The number of H-pyrrole nitrogens is 1. The van der Waals surface area contributed by atoms with Gasteiger partial charge in [0.2, 0.25) is 0 Å². The number of phosphoric acid groups is 1. The maximum absolute atomic E-state index is 12.8. The first kappa shape index (κ1) is 21.5. The Kier molecular flexibility index (Phi) is 5.85. The lowest BCUT2D eigenvalue weighted by Gasteiger charge is -2.26. The molecule has 1 aromatic heterocycles. The first-order valence-electron chi connectivity index (χ1n) is 9.55. The van der Waals surface area contributed by atoms with Gasteiger partial charge in [0.05, 0.1) is 13.2 Å². The fourth-order valence-electron chi connectivity index (χ4n) is 3.39. The van der Waals surface area contributed by atoms with Crippen LogP contribution in [-0.2, 0) is 34.5 Å². The Morgan fingerprint density at radius 1 is 1.32 bits per heavy atom. The monoisotopic (exact) mass is 452 g/mol. The summed E-state index contributed by atoms with van der Waals surface area (Å²) in [5.41, 5.74) is -0.105. The Morgan fingerprint density at radius 2 is 2.10 bits per heavy atom. The van der Waals surface area contributed by atoms with E-state index in [9.17, 15) is 18.9 Å². The third kappa shape index (κ3) is 4.64. The van der Waals surface area contributed by atoms with E-state index in [-0.39, 0.29) is 19.6 Å². The molecule has 2 aromatic rings. The van der Waals surface area contributed by atoms with E-state index >= 15 is 0 Å². The molecule has 0 radical (unpaired) electrons. The molecule has 11 nitrogen and oxygen atoms in total. The van der Waals surface area contributed by atoms with Crippen LogP contribution < -0.4 is 15.8 Å². The molecular weight excluding hydrogens is 431 g/mol. The van der Waals surface area contributed by atoms with Gasteiger partial charge in [-0.05, 0) is 13.0 Å². The van der Waals surface area contributed by atoms with Crippen molar-refractivity contribution in [3.63, 3.8) is 0 Å². The van der Waals surface area contributed by atoms with Crippen molar-refractivity contribution in [2.75, 3.05) is 6.61 Å². The molecule has 2 aliphatic rings. The van der Waals surface area contributed by atoms with E-state index in [0.717, 1.165) is 5.56 Å². The average molecular weight is 452 g/mol.